The molecule has 1 amide bonds. The Labute approximate surface area is 124 Å². The van der Waals surface area contributed by atoms with Gasteiger partial charge in [0.05, 0.1) is 25.3 Å². The summed E-state index contributed by atoms with van der Waals surface area (Å²) in [4.78, 5) is 18.2. The Bertz CT molecular complexity index is 505. The zero-order chi connectivity index (χ0) is 14.7. The van der Waals surface area contributed by atoms with Crippen LogP contribution in [0.15, 0.2) is 18.3 Å². The van der Waals surface area contributed by atoms with Crippen LogP contribution >= 0.6 is 0 Å². The number of aromatic nitrogens is 1. The van der Waals surface area contributed by atoms with Gasteiger partial charge in [0.25, 0.3) is 0 Å². The lowest BCUT2D eigenvalue weighted by Gasteiger charge is -2.34. The van der Waals surface area contributed by atoms with Crippen LogP contribution in [0.3, 0.4) is 0 Å². The maximum Gasteiger partial charge on any atom is 0.228 e. The van der Waals surface area contributed by atoms with Gasteiger partial charge in [0.15, 0.2) is 0 Å². The van der Waals surface area contributed by atoms with E-state index in [9.17, 15) is 9.18 Å². The fourth-order valence-electron chi connectivity index (χ4n) is 3.06. The third kappa shape index (κ3) is 3.40. The van der Waals surface area contributed by atoms with Gasteiger partial charge in [-0.25, -0.2) is 4.39 Å². The van der Waals surface area contributed by atoms with Crippen LogP contribution in [0.5, 0.6) is 0 Å². The zero-order valence-electron chi connectivity index (χ0n) is 12.1. The molecule has 0 N–H and O–H groups in total. The first kappa shape index (κ1) is 14.4. The number of nitrogens with zero attached hydrogens (tertiary/aromatic N) is 2. The molecule has 5 heteroatoms. The fraction of sp³-hybridized carbons (Fsp3) is 0.625. The standard InChI is InChI=1S/C16H21FN2O2/c17-14-5-2-6-18-15(14)9-16(20)19-7-8-21-11-13(10-19)12-3-1-4-12/h2,5-6,12-13H,1,3-4,7-11H2. The Morgan fingerprint density at radius 2 is 2.29 bits per heavy atom. The van der Waals surface area contributed by atoms with Crippen molar-refractivity contribution in [3.8, 4) is 0 Å². The summed E-state index contributed by atoms with van der Waals surface area (Å²) < 4.78 is 19.2. The topological polar surface area (TPSA) is 42.4 Å². The summed E-state index contributed by atoms with van der Waals surface area (Å²) >= 11 is 0. The second-order valence-electron chi connectivity index (χ2n) is 5.97. The highest BCUT2D eigenvalue weighted by Gasteiger charge is 2.32. The van der Waals surface area contributed by atoms with Gasteiger partial charge in [0.1, 0.15) is 5.82 Å². The normalized spacial score (nSPS) is 23.5. The third-order valence-electron chi connectivity index (χ3n) is 4.61. The molecule has 1 aromatic heterocycles. The first-order chi connectivity index (χ1) is 10.2. The average molecular weight is 292 g/mol. The van der Waals surface area contributed by atoms with Gasteiger partial charge in [-0.2, -0.15) is 0 Å². The minimum atomic E-state index is -0.410. The van der Waals surface area contributed by atoms with Crippen LogP contribution in [-0.4, -0.2) is 42.1 Å². The molecule has 0 aromatic carbocycles. The molecule has 2 aliphatic rings. The quantitative estimate of drug-likeness (QED) is 0.856. The average Bonchev–Trinajstić information content (AvgIpc) is 2.65. The number of amides is 1. The van der Waals surface area contributed by atoms with Crippen LogP contribution in [0, 0.1) is 17.7 Å². The van der Waals surface area contributed by atoms with E-state index in [2.05, 4.69) is 4.98 Å². The Hall–Kier alpha value is -1.49. The second-order valence-corrected chi connectivity index (χ2v) is 5.97. The minimum Gasteiger partial charge on any atom is -0.379 e. The van der Waals surface area contributed by atoms with Gasteiger partial charge in [-0.15, -0.1) is 0 Å². The lowest BCUT2D eigenvalue weighted by Crippen LogP contribution is -2.40. The number of carbonyl (C=O) groups is 1. The molecule has 2 fully saturated rings. The molecule has 0 spiro atoms. The summed E-state index contributed by atoms with van der Waals surface area (Å²) in [5.41, 5.74) is 0.229. The molecule has 2 heterocycles. The van der Waals surface area contributed by atoms with Crippen LogP contribution in [-0.2, 0) is 16.0 Å². The molecule has 21 heavy (non-hydrogen) atoms. The molecule has 1 saturated carbocycles. The van der Waals surface area contributed by atoms with Crippen molar-refractivity contribution in [1.29, 1.82) is 0 Å². The Morgan fingerprint density at radius 3 is 3.00 bits per heavy atom. The van der Waals surface area contributed by atoms with E-state index in [1.807, 2.05) is 4.90 Å². The van der Waals surface area contributed by atoms with Crippen LogP contribution in [0.1, 0.15) is 25.0 Å². The van der Waals surface area contributed by atoms with Crippen molar-refractivity contribution in [2.75, 3.05) is 26.3 Å². The van der Waals surface area contributed by atoms with Crippen LogP contribution in [0.4, 0.5) is 4.39 Å². The predicted molar refractivity (Wildman–Crippen MR) is 76.1 cm³/mol. The molecule has 0 radical (unpaired) electrons. The molecule has 0 bridgehead atoms. The summed E-state index contributed by atoms with van der Waals surface area (Å²) in [6, 6.07) is 2.88. The summed E-state index contributed by atoms with van der Waals surface area (Å²) in [6.07, 6.45) is 5.32. The largest absolute Gasteiger partial charge is 0.379 e. The van der Waals surface area contributed by atoms with Crippen molar-refractivity contribution in [2.45, 2.75) is 25.7 Å². The first-order valence-electron chi connectivity index (χ1n) is 7.69. The van der Waals surface area contributed by atoms with Gasteiger partial charge >= 0.3 is 0 Å². The highest BCUT2D eigenvalue weighted by Crippen LogP contribution is 2.34. The maximum atomic E-state index is 13.6. The summed E-state index contributed by atoms with van der Waals surface area (Å²) in [6.45, 7) is 2.64. The van der Waals surface area contributed by atoms with Crippen LogP contribution < -0.4 is 0 Å². The number of ether oxygens (including phenoxy) is 1. The fourth-order valence-corrected chi connectivity index (χ4v) is 3.06. The van der Waals surface area contributed by atoms with Crippen molar-refractivity contribution < 1.29 is 13.9 Å². The lowest BCUT2D eigenvalue weighted by molar-refractivity contribution is -0.131. The second kappa shape index (κ2) is 6.52. The van der Waals surface area contributed by atoms with E-state index >= 15 is 0 Å². The van der Waals surface area contributed by atoms with Gasteiger partial charge in [0.2, 0.25) is 5.91 Å². The SMILES string of the molecule is O=C(Cc1ncccc1F)N1CCOCC(C2CCC2)C1. The highest BCUT2D eigenvalue weighted by atomic mass is 19.1. The van der Waals surface area contributed by atoms with E-state index in [4.69, 9.17) is 4.74 Å². The molecular weight excluding hydrogens is 271 g/mol. The summed E-state index contributed by atoms with van der Waals surface area (Å²) in [5.74, 6) is 0.652. The van der Waals surface area contributed by atoms with Gasteiger partial charge in [-0.3, -0.25) is 9.78 Å². The van der Waals surface area contributed by atoms with Crippen molar-refractivity contribution in [2.24, 2.45) is 11.8 Å². The van der Waals surface area contributed by atoms with Gasteiger partial charge in [0, 0.05) is 25.2 Å². The molecular formula is C16H21FN2O2. The van der Waals surface area contributed by atoms with Crippen molar-refractivity contribution in [1.82, 2.24) is 9.88 Å². The molecule has 1 saturated heterocycles. The van der Waals surface area contributed by atoms with E-state index < -0.39 is 5.82 Å². The molecule has 114 valence electrons. The number of pyridine rings is 1. The summed E-state index contributed by atoms with van der Waals surface area (Å²) in [7, 11) is 0. The zero-order valence-corrected chi connectivity index (χ0v) is 12.1. The van der Waals surface area contributed by atoms with E-state index in [0.29, 0.717) is 25.0 Å². The number of hydrogen-bond donors (Lipinski definition) is 0. The molecule has 1 aliphatic heterocycles. The maximum absolute atomic E-state index is 13.6. The smallest absolute Gasteiger partial charge is 0.228 e. The van der Waals surface area contributed by atoms with Crippen molar-refractivity contribution in [3.05, 3.63) is 29.8 Å². The van der Waals surface area contributed by atoms with Crippen molar-refractivity contribution >= 4 is 5.91 Å². The van der Waals surface area contributed by atoms with Gasteiger partial charge in [-0.05, 0) is 18.1 Å². The lowest BCUT2D eigenvalue weighted by atomic mass is 9.76. The monoisotopic (exact) mass is 292 g/mol. The Morgan fingerprint density at radius 1 is 1.43 bits per heavy atom. The number of carbonyl (C=O) groups excluding carboxylic acids is 1. The number of hydrogen-bond acceptors (Lipinski definition) is 3. The van der Waals surface area contributed by atoms with Crippen LogP contribution in [0.2, 0.25) is 0 Å². The molecule has 1 aliphatic carbocycles. The molecule has 1 aromatic rings. The first-order valence-corrected chi connectivity index (χ1v) is 7.69. The highest BCUT2D eigenvalue weighted by molar-refractivity contribution is 5.78. The van der Waals surface area contributed by atoms with E-state index in [1.54, 1.807) is 0 Å². The Balaban J connectivity index is 1.63. The number of rotatable bonds is 3. The third-order valence-corrected chi connectivity index (χ3v) is 4.61. The van der Waals surface area contributed by atoms with E-state index in [1.165, 1.54) is 37.6 Å². The predicted octanol–water partition coefficient (Wildman–Crippen LogP) is 2.04. The van der Waals surface area contributed by atoms with Crippen LogP contribution in [0.25, 0.3) is 0 Å². The molecule has 1 unspecified atom stereocenters. The molecule has 4 nitrogen and oxygen atoms in total. The Kier molecular flexibility index (Phi) is 4.48. The van der Waals surface area contributed by atoms with Crippen molar-refractivity contribution in [3.63, 3.8) is 0 Å². The molecule has 1 atom stereocenters. The van der Waals surface area contributed by atoms with E-state index in [-0.39, 0.29) is 18.0 Å². The van der Waals surface area contributed by atoms with Gasteiger partial charge in [-0.1, -0.05) is 19.3 Å². The number of halogens is 1. The van der Waals surface area contributed by atoms with E-state index in [0.717, 1.165) is 13.2 Å². The molecule has 3 rings (SSSR count). The minimum absolute atomic E-state index is 0.0318. The summed E-state index contributed by atoms with van der Waals surface area (Å²) in [5, 5.41) is 0. The van der Waals surface area contributed by atoms with Gasteiger partial charge < -0.3 is 9.64 Å².